The van der Waals surface area contributed by atoms with Crippen LogP contribution >= 0.6 is 23.7 Å². The van der Waals surface area contributed by atoms with Gasteiger partial charge in [0.1, 0.15) is 23.6 Å². The summed E-state index contributed by atoms with van der Waals surface area (Å²) in [6, 6.07) is 10.5. The molecule has 1 saturated carbocycles. The largest absolute Gasteiger partial charge is 0.491 e. The first kappa shape index (κ1) is 24.7. The average Bonchev–Trinajstić information content (AvgIpc) is 3.62. The number of nitrogens with one attached hydrogen (secondary N) is 1. The average molecular weight is 479 g/mol. The van der Waals surface area contributed by atoms with Gasteiger partial charge in [-0.05, 0) is 67.4 Å². The summed E-state index contributed by atoms with van der Waals surface area (Å²) in [6.45, 7) is 6.07. The number of hydrogen-bond donors (Lipinski definition) is 2. The van der Waals surface area contributed by atoms with Crippen molar-refractivity contribution in [3.8, 4) is 5.75 Å². The smallest absolute Gasteiger partial charge is 0.313 e. The van der Waals surface area contributed by atoms with Crippen LogP contribution < -0.4 is 14.4 Å². The number of thioether (sulfide) groups is 1. The summed E-state index contributed by atoms with van der Waals surface area (Å²) in [5.74, 6) is -0.340. The van der Waals surface area contributed by atoms with E-state index >= 15 is 0 Å². The third kappa shape index (κ3) is 5.91. The Kier molecular flexibility index (Phi) is 8.73. The molecule has 0 bridgehead atoms. The fourth-order valence-corrected chi connectivity index (χ4v) is 4.52. The Morgan fingerprint density at radius 1 is 1.25 bits per heavy atom. The molecule has 2 aliphatic rings. The maximum Gasteiger partial charge on any atom is 0.313 e. The molecule has 5 nitrogen and oxygen atoms in total. The van der Waals surface area contributed by atoms with E-state index in [1.807, 2.05) is 12.3 Å². The first-order valence-electron chi connectivity index (χ1n) is 10.9. The van der Waals surface area contributed by atoms with E-state index in [4.69, 9.17) is 4.74 Å². The van der Waals surface area contributed by atoms with Crippen molar-refractivity contribution in [1.82, 2.24) is 4.72 Å². The molecule has 0 radical (unpaired) electrons. The molecular formula is C24H31FN2O3S2. The molecule has 2 N–H and O–H groups in total. The van der Waals surface area contributed by atoms with E-state index < -0.39 is 11.4 Å². The predicted molar refractivity (Wildman–Crippen MR) is 131 cm³/mol. The zero-order valence-electron chi connectivity index (χ0n) is 18.8. The van der Waals surface area contributed by atoms with Crippen LogP contribution in [-0.4, -0.2) is 37.0 Å². The highest BCUT2D eigenvalue weighted by Gasteiger charge is 2.51. The van der Waals surface area contributed by atoms with Crippen molar-refractivity contribution >= 4 is 41.1 Å². The number of nitrogens with zero attached hydrogens (tertiary/aromatic N) is 1. The number of fused-ring (bicyclic) bond motifs is 1. The van der Waals surface area contributed by atoms with Crippen LogP contribution in [0.25, 0.3) is 0 Å². The Balaban J connectivity index is 0.000000668. The van der Waals surface area contributed by atoms with Crippen LogP contribution in [0.2, 0.25) is 0 Å². The van der Waals surface area contributed by atoms with Crippen LogP contribution in [-0.2, 0) is 4.79 Å². The number of carbonyl (C=O) groups is 1. The lowest BCUT2D eigenvalue weighted by atomic mass is 10.1. The Morgan fingerprint density at radius 3 is 2.50 bits per heavy atom. The molecule has 2 aromatic carbocycles. The van der Waals surface area contributed by atoms with Gasteiger partial charge in [0.2, 0.25) is 0 Å². The summed E-state index contributed by atoms with van der Waals surface area (Å²) in [7, 11) is 0. The van der Waals surface area contributed by atoms with Crippen LogP contribution in [0.5, 0.6) is 5.75 Å². The van der Waals surface area contributed by atoms with Crippen LogP contribution in [0.1, 0.15) is 39.5 Å². The summed E-state index contributed by atoms with van der Waals surface area (Å²) < 4.78 is 22.6. The number of rotatable bonds is 7. The van der Waals surface area contributed by atoms with E-state index in [-0.39, 0.29) is 12.4 Å². The quantitative estimate of drug-likeness (QED) is 0.355. The topological polar surface area (TPSA) is 61.8 Å². The zero-order valence-corrected chi connectivity index (χ0v) is 20.5. The van der Waals surface area contributed by atoms with Gasteiger partial charge in [0.05, 0.1) is 15.5 Å². The number of hydrogen-bond acceptors (Lipinski definition) is 6. The molecule has 0 atom stereocenters. The number of carboxylic acid groups (broad SMARTS) is 1. The molecule has 1 heterocycles. The minimum absolute atomic E-state index is 0.189. The zero-order chi connectivity index (χ0) is 23.1. The minimum Gasteiger partial charge on any atom is -0.491 e. The van der Waals surface area contributed by atoms with Gasteiger partial charge in [-0.1, -0.05) is 26.7 Å². The van der Waals surface area contributed by atoms with E-state index in [2.05, 4.69) is 29.5 Å². The number of aliphatic carboxylic acids is 1. The standard InChI is InChI=1S/C20H21FN2O3S2.C4H10/c1-27-18-10-15-17(11-16(18)26-12-20(6-7-20)19(24)25)28-22-8-9-23(15)14-4-2-13(21)3-5-14;1-3-4-2/h2-5,10-11,22H,6-9,12H2,1H3,(H,24,25);3-4H2,1-2H3. The number of benzene rings is 2. The minimum atomic E-state index is -0.786. The molecule has 1 fully saturated rings. The van der Waals surface area contributed by atoms with Crippen molar-refractivity contribution in [2.45, 2.75) is 49.3 Å². The second-order valence-corrected chi connectivity index (χ2v) is 9.75. The van der Waals surface area contributed by atoms with Gasteiger partial charge in [-0.25, -0.2) is 4.39 Å². The number of halogens is 1. The van der Waals surface area contributed by atoms with E-state index in [1.165, 1.54) is 36.9 Å². The third-order valence-corrected chi connectivity index (χ3v) is 7.26. The van der Waals surface area contributed by atoms with Crippen molar-refractivity contribution in [2.75, 3.05) is 30.9 Å². The van der Waals surface area contributed by atoms with Gasteiger partial charge >= 0.3 is 5.97 Å². The monoisotopic (exact) mass is 478 g/mol. The summed E-state index contributed by atoms with van der Waals surface area (Å²) in [5.41, 5.74) is 1.22. The Morgan fingerprint density at radius 2 is 1.94 bits per heavy atom. The van der Waals surface area contributed by atoms with E-state index in [0.29, 0.717) is 18.6 Å². The van der Waals surface area contributed by atoms with Crippen molar-refractivity contribution in [1.29, 1.82) is 0 Å². The lowest BCUT2D eigenvalue weighted by Gasteiger charge is -2.26. The summed E-state index contributed by atoms with van der Waals surface area (Å²) >= 11 is 3.09. The van der Waals surface area contributed by atoms with Gasteiger partial charge in [0.15, 0.2) is 0 Å². The van der Waals surface area contributed by atoms with Crippen molar-refractivity contribution in [3.63, 3.8) is 0 Å². The van der Waals surface area contributed by atoms with Crippen molar-refractivity contribution in [2.24, 2.45) is 5.41 Å². The third-order valence-electron chi connectivity index (χ3n) is 5.61. The second-order valence-electron chi connectivity index (χ2n) is 7.97. The molecule has 8 heteroatoms. The fraction of sp³-hybridized carbons (Fsp3) is 0.458. The molecule has 1 aliphatic carbocycles. The first-order chi connectivity index (χ1) is 15.4. The lowest BCUT2D eigenvalue weighted by molar-refractivity contribution is -0.144. The van der Waals surface area contributed by atoms with Gasteiger partial charge < -0.3 is 14.7 Å². The molecule has 0 aromatic heterocycles. The van der Waals surface area contributed by atoms with Crippen molar-refractivity contribution in [3.05, 3.63) is 42.2 Å². The lowest BCUT2D eigenvalue weighted by Crippen LogP contribution is -2.24. The number of unbranched alkanes of at least 4 members (excludes halogenated alkanes) is 1. The predicted octanol–water partition coefficient (Wildman–Crippen LogP) is 6.35. The van der Waals surface area contributed by atoms with Crippen LogP contribution in [0, 0.1) is 11.2 Å². The molecule has 2 aromatic rings. The highest BCUT2D eigenvalue weighted by atomic mass is 32.2. The highest BCUT2D eigenvalue weighted by Crippen LogP contribution is 2.48. The number of ether oxygens (including phenoxy) is 1. The first-order valence-corrected chi connectivity index (χ1v) is 13.0. The number of carboxylic acids is 1. The van der Waals surface area contributed by atoms with Gasteiger partial charge in [0.25, 0.3) is 0 Å². The number of anilines is 2. The van der Waals surface area contributed by atoms with Crippen LogP contribution in [0.3, 0.4) is 0 Å². The molecule has 0 spiro atoms. The van der Waals surface area contributed by atoms with Crippen molar-refractivity contribution < 1.29 is 19.0 Å². The summed E-state index contributed by atoms with van der Waals surface area (Å²) in [6.07, 6.45) is 5.94. The molecular weight excluding hydrogens is 447 g/mol. The van der Waals surface area contributed by atoms with Gasteiger partial charge in [-0.3, -0.25) is 9.52 Å². The van der Waals surface area contributed by atoms with Gasteiger partial charge in [-0.2, -0.15) is 0 Å². The summed E-state index contributed by atoms with van der Waals surface area (Å²) in [4.78, 5) is 15.5. The molecule has 32 heavy (non-hydrogen) atoms. The van der Waals surface area contributed by atoms with E-state index in [9.17, 15) is 14.3 Å². The molecule has 0 saturated heterocycles. The van der Waals surface area contributed by atoms with Crippen LogP contribution in [0.4, 0.5) is 15.8 Å². The molecule has 0 amide bonds. The Bertz CT molecular complexity index is 918. The molecule has 1 aliphatic heterocycles. The van der Waals surface area contributed by atoms with Gasteiger partial charge in [-0.15, -0.1) is 11.8 Å². The van der Waals surface area contributed by atoms with Gasteiger partial charge in [0, 0.05) is 18.8 Å². The SMILES string of the molecule is CCCC.CSc1cc2c(cc1OCC1(C(=O)O)CC1)SNCCN2c1ccc(F)cc1. The Hall–Kier alpha value is -1.90. The second kappa shape index (κ2) is 11.3. The molecule has 4 rings (SSSR count). The normalized spacial score (nSPS) is 16.3. The molecule has 174 valence electrons. The molecule has 0 unspecified atom stereocenters. The Labute approximate surface area is 198 Å². The van der Waals surface area contributed by atoms with Crippen LogP contribution in [0.15, 0.2) is 46.2 Å². The van der Waals surface area contributed by atoms with E-state index in [1.54, 1.807) is 23.9 Å². The maximum atomic E-state index is 13.3. The highest BCUT2D eigenvalue weighted by molar-refractivity contribution is 7.98. The maximum absolute atomic E-state index is 13.3. The summed E-state index contributed by atoms with van der Waals surface area (Å²) in [5, 5.41) is 9.39. The fourth-order valence-electron chi connectivity index (χ4n) is 3.18. The van der Waals surface area contributed by atoms with E-state index in [0.717, 1.165) is 34.3 Å².